The van der Waals surface area contributed by atoms with Crippen LogP contribution in [0.1, 0.15) is 26.2 Å². The normalized spacial score (nSPS) is 22.8. The zero-order chi connectivity index (χ0) is 11.3. The number of nitrogens with zero attached hydrogens (tertiary/aromatic N) is 1. The first-order valence-electron chi connectivity index (χ1n) is 5.73. The highest BCUT2D eigenvalue weighted by molar-refractivity contribution is 7.91. The van der Waals surface area contributed by atoms with Crippen LogP contribution in [-0.4, -0.2) is 50.5 Å². The number of sulfone groups is 1. The van der Waals surface area contributed by atoms with E-state index in [1.807, 2.05) is 0 Å². The van der Waals surface area contributed by atoms with Crippen LogP contribution in [0.15, 0.2) is 0 Å². The van der Waals surface area contributed by atoms with E-state index < -0.39 is 9.84 Å². The lowest BCUT2D eigenvalue weighted by Gasteiger charge is -2.34. The standard InChI is InChI=1S/C10H22N2O2S.ClH/c1-2-15(13,14)8-7-12-6-4-3-5-10(12)9-11;/h10H,2-9,11H2,1H3;1H. The minimum absolute atomic E-state index is 0. The molecule has 98 valence electrons. The summed E-state index contributed by atoms with van der Waals surface area (Å²) in [4.78, 5) is 2.23. The topological polar surface area (TPSA) is 63.4 Å². The van der Waals surface area contributed by atoms with Crippen molar-refractivity contribution >= 4 is 22.2 Å². The summed E-state index contributed by atoms with van der Waals surface area (Å²) < 4.78 is 22.8. The van der Waals surface area contributed by atoms with Crippen molar-refractivity contribution in [2.24, 2.45) is 5.73 Å². The molecular formula is C10H23ClN2O2S. The third-order valence-electron chi connectivity index (χ3n) is 3.15. The Morgan fingerprint density at radius 2 is 2.06 bits per heavy atom. The van der Waals surface area contributed by atoms with Crippen molar-refractivity contribution in [3.05, 3.63) is 0 Å². The fraction of sp³-hybridized carbons (Fsp3) is 1.00. The molecule has 6 heteroatoms. The van der Waals surface area contributed by atoms with Gasteiger partial charge in [0.25, 0.3) is 0 Å². The van der Waals surface area contributed by atoms with Crippen molar-refractivity contribution in [1.82, 2.24) is 4.90 Å². The SMILES string of the molecule is CCS(=O)(=O)CCN1CCCCC1CN.Cl. The van der Waals surface area contributed by atoms with E-state index >= 15 is 0 Å². The lowest BCUT2D eigenvalue weighted by Crippen LogP contribution is -2.46. The molecule has 1 rings (SSSR count). The predicted molar refractivity (Wildman–Crippen MR) is 69.8 cm³/mol. The molecule has 1 unspecified atom stereocenters. The van der Waals surface area contributed by atoms with Gasteiger partial charge < -0.3 is 5.73 Å². The fourth-order valence-corrected chi connectivity index (χ4v) is 2.82. The Morgan fingerprint density at radius 3 is 2.62 bits per heavy atom. The zero-order valence-electron chi connectivity index (χ0n) is 9.89. The first kappa shape index (κ1) is 16.2. The molecule has 0 aromatic rings. The second-order valence-corrected chi connectivity index (χ2v) is 6.63. The summed E-state index contributed by atoms with van der Waals surface area (Å²) in [6.45, 7) is 4.00. The van der Waals surface area contributed by atoms with Crippen molar-refractivity contribution in [3.63, 3.8) is 0 Å². The molecule has 0 spiro atoms. The lowest BCUT2D eigenvalue weighted by molar-refractivity contribution is 0.162. The third-order valence-corrected chi connectivity index (χ3v) is 4.83. The van der Waals surface area contributed by atoms with Crippen LogP contribution in [0.2, 0.25) is 0 Å². The van der Waals surface area contributed by atoms with Crippen molar-refractivity contribution in [1.29, 1.82) is 0 Å². The van der Waals surface area contributed by atoms with E-state index in [2.05, 4.69) is 4.90 Å². The summed E-state index contributed by atoms with van der Waals surface area (Å²) in [5.74, 6) is 0.522. The highest BCUT2D eigenvalue weighted by atomic mass is 35.5. The molecule has 1 aliphatic rings. The summed E-state index contributed by atoms with van der Waals surface area (Å²) in [5, 5.41) is 0. The first-order valence-corrected chi connectivity index (χ1v) is 7.55. The van der Waals surface area contributed by atoms with E-state index in [0.717, 1.165) is 13.0 Å². The van der Waals surface area contributed by atoms with E-state index in [0.29, 0.717) is 19.1 Å². The van der Waals surface area contributed by atoms with Crippen LogP contribution in [0.4, 0.5) is 0 Å². The summed E-state index contributed by atoms with van der Waals surface area (Å²) in [5.41, 5.74) is 5.67. The molecule has 0 aliphatic carbocycles. The number of likely N-dealkylation sites (tertiary alicyclic amines) is 1. The monoisotopic (exact) mass is 270 g/mol. The predicted octanol–water partition coefficient (Wildman–Crippen LogP) is 0.656. The Kier molecular flexibility index (Phi) is 7.55. The van der Waals surface area contributed by atoms with Crippen molar-refractivity contribution in [2.45, 2.75) is 32.2 Å². The van der Waals surface area contributed by atoms with Gasteiger partial charge in [0.05, 0.1) is 5.75 Å². The maximum atomic E-state index is 11.4. The van der Waals surface area contributed by atoms with Crippen LogP contribution in [0, 0.1) is 0 Å². The molecule has 4 nitrogen and oxygen atoms in total. The van der Waals surface area contributed by atoms with Crippen molar-refractivity contribution in [3.8, 4) is 0 Å². The third kappa shape index (κ3) is 4.99. The van der Waals surface area contributed by atoms with Crippen LogP contribution in [-0.2, 0) is 9.84 Å². The molecule has 0 amide bonds. The van der Waals surface area contributed by atoms with Crippen LogP contribution < -0.4 is 5.73 Å². The van der Waals surface area contributed by atoms with Gasteiger partial charge in [0.15, 0.2) is 9.84 Å². The van der Waals surface area contributed by atoms with Gasteiger partial charge in [0.2, 0.25) is 0 Å². The molecule has 16 heavy (non-hydrogen) atoms. The van der Waals surface area contributed by atoms with Crippen LogP contribution in [0.5, 0.6) is 0 Å². The number of rotatable bonds is 5. The highest BCUT2D eigenvalue weighted by Crippen LogP contribution is 2.15. The lowest BCUT2D eigenvalue weighted by atomic mass is 10.0. The molecule has 1 saturated heterocycles. The van der Waals surface area contributed by atoms with E-state index in [1.165, 1.54) is 12.8 Å². The minimum atomic E-state index is -2.83. The Bertz CT molecular complexity index is 283. The van der Waals surface area contributed by atoms with Crippen molar-refractivity contribution < 1.29 is 8.42 Å². The van der Waals surface area contributed by atoms with E-state index in [4.69, 9.17) is 5.73 Å². The maximum Gasteiger partial charge on any atom is 0.151 e. The smallest absolute Gasteiger partial charge is 0.151 e. The first-order chi connectivity index (χ1) is 7.09. The van der Waals surface area contributed by atoms with E-state index in [-0.39, 0.29) is 23.9 Å². The molecule has 0 radical (unpaired) electrons. The molecular weight excluding hydrogens is 248 g/mol. The Balaban J connectivity index is 0.00000225. The molecule has 0 aromatic carbocycles. The van der Waals surface area contributed by atoms with E-state index in [1.54, 1.807) is 6.92 Å². The Labute approximate surface area is 105 Å². The van der Waals surface area contributed by atoms with Gasteiger partial charge in [-0.15, -0.1) is 12.4 Å². The number of hydrogen-bond donors (Lipinski definition) is 1. The van der Waals surface area contributed by atoms with Gasteiger partial charge in [-0.25, -0.2) is 8.42 Å². The van der Waals surface area contributed by atoms with Gasteiger partial charge >= 0.3 is 0 Å². The molecule has 0 aromatic heterocycles. The van der Waals surface area contributed by atoms with Gasteiger partial charge in [-0.2, -0.15) is 0 Å². The summed E-state index contributed by atoms with van der Waals surface area (Å²) in [6.07, 6.45) is 3.50. The maximum absolute atomic E-state index is 11.4. The van der Waals surface area contributed by atoms with Gasteiger partial charge in [-0.3, -0.25) is 4.90 Å². The van der Waals surface area contributed by atoms with Gasteiger partial charge in [-0.1, -0.05) is 13.3 Å². The molecule has 0 bridgehead atoms. The van der Waals surface area contributed by atoms with Crippen LogP contribution in [0.25, 0.3) is 0 Å². The number of hydrogen-bond acceptors (Lipinski definition) is 4. The molecule has 0 saturated carbocycles. The van der Waals surface area contributed by atoms with E-state index in [9.17, 15) is 8.42 Å². The van der Waals surface area contributed by atoms with Crippen molar-refractivity contribution in [2.75, 3.05) is 31.1 Å². The van der Waals surface area contributed by atoms with Gasteiger partial charge in [0.1, 0.15) is 0 Å². The molecule has 1 heterocycles. The average molecular weight is 271 g/mol. The summed E-state index contributed by atoms with van der Waals surface area (Å²) in [6, 6.07) is 0.394. The molecule has 1 aliphatic heterocycles. The highest BCUT2D eigenvalue weighted by Gasteiger charge is 2.22. The van der Waals surface area contributed by atoms with Gasteiger partial charge in [-0.05, 0) is 19.4 Å². The number of nitrogens with two attached hydrogens (primary N) is 1. The number of halogens is 1. The summed E-state index contributed by atoms with van der Waals surface area (Å²) >= 11 is 0. The fourth-order valence-electron chi connectivity index (χ4n) is 2.02. The second-order valence-electron chi connectivity index (χ2n) is 4.16. The van der Waals surface area contributed by atoms with Gasteiger partial charge in [0, 0.05) is 24.9 Å². The van der Waals surface area contributed by atoms with Crippen LogP contribution in [0.3, 0.4) is 0 Å². The second kappa shape index (κ2) is 7.48. The largest absolute Gasteiger partial charge is 0.329 e. The average Bonchev–Trinajstić information content (AvgIpc) is 2.27. The molecule has 2 N–H and O–H groups in total. The Hall–Kier alpha value is 0.160. The Morgan fingerprint density at radius 1 is 1.38 bits per heavy atom. The summed E-state index contributed by atoms with van der Waals surface area (Å²) in [7, 11) is -2.83. The van der Waals surface area contributed by atoms with Crippen LogP contribution >= 0.6 is 12.4 Å². The molecule has 1 fully saturated rings. The zero-order valence-corrected chi connectivity index (χ0v) is 11.5. The minimum Gasteiger partial charge on any atom is -0.329 e. The number of piperidine rings is 1. The molecule has 1 atom stereocenters. The quantitative estimate of drug-likeness (QED) is 0.797.